The molecule has 0 aliphatic heterocycles. The number of nitrogens with zero attached hydrogens (tertiary/aromatic N) is 1. The van der Waals surface area contributed by atoms with Crippen LogP contribution in [0.2, 0.25) is 0 Å². The first-order valence-corrected chi connectivity index (χ1v) is 4.36. The fraction of sp³-hybridized carbons (Fsp3) is 0.300. The number of aromatic nitrogens is 2. The lowest BCUT2D eigenvalue weighted by Gasteiger charge is -1.97. The first kappa shape index (κ1) is 8.26. The van der Waals surface area contributed by atoms with Crippen molar-refractivity contribution in [2.45, 2.75) is 20.4 Å². The molecule has 0 bridgehead atoms. The minimum Gasteiger partial charge on any atom is -0.356 e. The second-order valence-electron chi connectivity index (χ2n) is 3.34. The second kappa shape index (κ2) is 2.85. The molecule has 0 aliphatic rings. The smallest absolute Gasteiger partial charge is 0.0888 e. The molecule has 2 aromatic rings. The number of hydrogen-bond acceptors (Lipinski definition) is 2. The Morgan fingerprint density at radius 2 is 2.15 bits per heavy atom. The van der Waals surface area contributed by atoms with Gasteiger partial charge in [0.25, 0.3) is 0 Å². The van der Waals surface area contributed by atoms with Crippen molar-refractivity contribution in [2.75, 3.05) is 0 Å². The van der Waals surface area contributed by atoms with Gasteiger partial charge in [0.1, 0.15) is 0 Å². The van der Waals surface area contributed by atoms with Gasteiger partial charge >= 0.3 is 0 Å². The molecule has 0 radical (unpaired) electrons. The summed E-state index contributed by atoms with van der Waals surface area (Å²) in [6, 6.07) is 4.08. The van der Waals surface area contributed by atoms with Crippen molar-refractivity contribution >= 4 is 11.0 Å². The molecule has 68 valence electrons. The summed E-state index contributed by atoms with van der Waals surface area (Å²) < 4.78 is 0. The van der Waals surface area contributed by atoms with Crippen molar-refractivity contribution in [2.24, 2.45) is 5.73 Å². The normalized spacial score (nSPS) is 11.0. The first-order chi connectivity index (χ1) is 6.20. The van der Waals surface area contributed by atoms with Gasteiger partial charge in [0, 0.05) is 17.9 Å². The van der Waals surface area contributed by atoms with Crippen molar-refractivity contribution < 1.29 is 0 Å². The van der Waals surface area contributed by atoms with Gasteiger partial charge in [0.05, 0.1) is 11.0 Å². The molecule has 13 heavy (non-hydrogen) atoms. The lowest BCUT2D eigenvalue weighted by Crippen LogP contribution is -1.95. The molecule has 3 nitrogen and oxygen atoms in total. The minimum atomic E-state index is 0.537. The number of pyridine rings is 1. The maximum absolute atomic E-state index is 5.54. The SMILES string of the molecule is Cc1cc(C)c2[nH]c(CN)cc2n1. The van der Waals surface area contributed by atoms with Gasteiger partial charge < -0.3 is 10.7 Å². The number of H-pyrrole nitrogens is 1. The van der Waals surface area contributed by atoms with E-state index in [4.69, 9.17) is 5.73 Å². The van der Waals surface area contributed by atoms with Crippen LogP contribution in [0.4, 0.5) is 0 Å². The average molecular weight is 175 g/mol. The summed E-state index contributed by atoms with van der Waals surface area (Å²) in [6.07, 6.45) is 0. The Hall–Kier alpha value is -1.35. The van der Waals surface area contributed by atoms with Crippen LogP contribution in [0, 0.1) is 13.8 Å². The topological polar surface area (TPSA) is 54.7 Å². The molecule has 3 heteroatoms. The van der Waals surface area contributed by atoms with Crippen LogP contribution in [0.1, 0.15) is 17.0 Å². The third-order valence-corrected chi connectivity index (χ3v) is 2.19. The Kier molecular flexibility index (Phi) is 1.81. The van der Waals surface area contributed by atoms with E-state index < -0.39 is 0 Å². The highest BCUT2D eigenvalue weighted by molar-refractivity contribution is 5.79. The lowest BCUT2D eigenvalue weighted by atomic mass is 10.2. The average Bonchev–Trinajstić information content (AvgIpc) is 2.47. The summed E-state index contributed by atoms with van der Waals surface area (Å²) in [6.45, 7) is 4.62. The van der Waals surface area contributed by atoms with Crippen molar-refractivity contribution in [1.82, 2.24) is 9.97 Å². The number of aryl methyl sites for hydroxylation is 2. The van der Waals surface area contributed by atoms with Crippen LogP contribution in [-0.4, -0.2) is 9.97 Å². The Labute approximate surface area is 77.0 Å². The molecular weight excluding hydrogens is 162 g/mol. The second-order valence-corrected chi connectivity index (χ2v) is 3.34. The predicted molar refractivity (Wildman–Crippen MR) is 53.5 cm³/mol. The van der Waals surface area contributed by atoms with Gasteiger partial charge in [-0.25, -0.2) is 0 Å². The van der Waals surface area contributed by atoms with Crippen LogP contribution in [0.3, 0.4) is 0 Å². The number of aromatic amines is 1. The van der Waals surface area contributed by atoms with Gasteiger partial charge in [-0.2, -0.15) is 0 Å². The molecule has 2 heterocycles. The zero-order chi connectivity index (χ0) is 9.42. The maximum atomic E-state index is 5.54. The van der Waals surface area contributed by atoms with E-state index in [1.807, 2.05) is 13.0 Å². The molecule has 0 aliphatic carbocycles. The molecule has 2 rings (SSSR count). The van der Waals surface area contributed by atoms with Crippen molar-refractivity contribution in [3.8, 4) is 0 Å². The summed E-state index contributed by atoms with van der Waals surface area (Å²) in [4.78, 5) is 7.67. The van der Waals surface area contributed by atoms with Gasteiger partial charge in [-0.3, -0.25) is 4.98 Å². The van der Waals surface area contributed by atoms with E-state index in [2.05, 4.69) is 23.0 Å². The Morgan fingerprint density at radius 1 is 1.38 bits per heavy atom. The molecule has 0 saturated carbocycles. The maximum Gasteiger partial charge on any atom is 0.0888 e. The van der Waals surface area contributed by atoms with Gasteiger partial charge in [-0.1, -0.05) is 0 Å². The molecule has 0 unspecified atom stereocenters. The van der Waals surface area contributed by atoms with Gasteiger partial charge in [-0.05, 0) is 31.5 Å². The molecule has 3 N–H and O–H groups in total. The largest absolute Gasteiger partial charge is 0.356 e. The van der Waals surface area contributed by atoms with Crippen molar-refractivity contribution in [3.63, 3.8) is 0 Å². The molecular formula is C10H13N3. The quantitative estimate of drug-likeness (QED) is 0.692. The van der Waals surface area contributed by atoms with E-state index in [0.29, 0.717) is 6.54 Å². The molecule has 0 saturated heterocycles. The third-order valence-electron chi connectivity index (χ3n) is 2.19. The molecule has 2 aromatic heterocycles. The zero-order valence-corrected chi connectivity index (χ0v) is 7.89. The van der Waals surface area contributed by atoms with Crippen LogP contribution in [0.15, 0.2) is 12.1 Å². The summed E-state index contributed by atoms with van der Waals surface area (Å²) in [5.41, 5.74) is 11.0. The number of fused-ring (bicyclic) bond motifs is 1. The number of nitrogens with one attached hydrogen (secondary N) is 1. The standard InChI is InChI=1S/C10H13N3/c1-6-3-7(2)12-9-4-8(5-11)13-10(6)9/h3-4,13H,5,11H2,1-2H3. The van der Waals surface area contributed by atoms with E-state index in [1.54, 1.807) is 0 Å². The van der Waals surface area contributed by atoms with Gasteiger partial charge in [-0.15, -0.1) is 0 Å². The van der Waals surface area contributed by atoms with Gasteiger partial charge in [0.2, 0.25) is 0 Å². The molecule has 0 aromatic carbocycles. The van der Waals surface area contributed by atoms with E-state index in [0.717, 1.165) is 22.4 Å². The van der Waals surface area contributed by atoms with Crippen molar-refractivity contribution in [1.29, 1.82) is 0 Å². The first-order valence-electron chi connectivity index (χ1n) is 4.36. The van der Waals surface area contributed by atoms with Crippen LogP contribution in [-0.2, 0) is 6.54 Å². The van der Waals surface area contributed by atoms with E-state index >= 15 is 0 Å². The third kappa shape index (κ3) is 1.31. The van der Waals surface area contributed by atoms with E-state index in [-0.39, 0.29) is 0 Å². The molecule has 0 fully saturated rings. The highest BCUT2D eigenvalue weighted by Gasteiger charge is 2.03. The van der Waals surface area contributed by atoms with Crippen LogP contribution in [0.25, 0.3) is 11.0 Å². The number of nitrogens with two attached hydrogens (primary N) is 1. The van der Waals surface area contributed by atoms with Gasteiger partial charge in [0.15, 0.2) is 0 Å². The highest BCUT2D eigenvalue weighted by Crippen LogP contribution is 2.17. The predicted octanol–water partition coefficient (Wildman–Crippen LogP) is 1.64. The van der Waals surface area contributed by atoms with Crippen LogP contribution >= 0.6 is 0 Å². The van der Waals surface area contributed by atoms with Crippen molar-refractivity contribution in [3.05, 3.63) is 29.1 Å². The number of rotatable bonds is 1. The Bertz CT molecular complexity index is 443. The van der Waals surface area contributed by atoms with Crippen LogP contribution < -0.4 is 5.73 Å². The Balaban J connectivity index is 2.75. The fourth-order valence-electron chi connectivity index (χ4n) is 1.60. The molecule has 0 amide bonds. The van der Waals surface area contributed by atoms with E-state index in [9.17, 15) is 0 Å². The Morgan fingerprint density at radius 3 is 2.85 bits per heavy atom. The number of hydrogen-bond donors (Lipinski definition) is 2. The summed E-state index contributed by atoms with van der Waals surface area (Å²) in [5, 5.41) is 0. The monoisotopic (exact) mass is 175 g/mol. The van der Waals surface area contributed by atoms with E-state index in [1.165, 1.54) is 5.56 Å². The molecule has 0 atom stereocenters. The summed E-state index contributed by atoms with van der Waals surface area (Å²) in [5.74, 6) is 0. The minimum absolute atomic E-state index is 0.537. The fourth-order valence-corrected chi connectivity index (χ4v) is 1.60. The lowest BCUT2D eigenvalue weighted by molar-refractivity contribution is 1.02. The summed E-state index contributed by atoms with van der Waals surface area (Å²) >= 11 is 0. The molecule has 0 spiro atoms. The van der Waals surface area contributed by atoms with Crippen LogP contribution in [0.5, 0.6) is 0 Å². The zero-order valence-electron chi connectivity index (χ0n) is 7.89. The highest BCUT2D eigenvalue weighted by atomic mass is 14.8. The summed E-state index contributed by atoms with van der Waals surface area (Å²) in [7, 11) is 0.